The normalized spacial score (nSPS) is 37.5. The Balaban J connectivity index is 2.82. The van der Waals surface area contributed by atoms with Crippen molar-refractivity contribution in [3.05, 3.63) is 0 Å². The lowest BCUT2D eigenvalue weighted by molar-refractivity contribution is -0.145. The summed E-state index contributed by atoms with van der Waals surface area (Å²) in [6, 6.07) is 0. The molecular formula is C6H9ClFNO2. The van der Waals surface area contributed by atoms with Gasteiger partial charge in [-0.05, 0) is 13.0 Å². The Morgan fingerprint density at radius 3 is 2.73 bits per heavy atom. The van der Waals surface area contributed by atoms with Crippen LogP contribution in [0.3, 0.4) is 0 Å². The predicted octanol–water partition coefficient (Wildman–Crippen LogP) is 0.380. The van der Waals surface area contributed by atoms with E-state index in [2.05, 4.69) is 5.32 Å². The maximum absolute atomic E-state index is 13.0. The number of halogens is 2. The van der Waals surface area contributed by atoms with Gasteiger partial charge in [0.2, 0.25) is 0 Å². The van der Waals surface area contributed by atoms with E-state index in [-0.39, 0.29) is 12.3 Å². The third-order valence-electron chi connectivity index (χ3n) is 1.97. The second-order valence-electron chi connectivity index (χ2n) is 2.59. The lowest BCUT2D eigenvalue weighted by atomic mass is 9.99. The van der Waals surface area contributed by atoms with Crippen LogP contribution >= 0.6 is 11.6 Å². The van der Waals surface area contributed by atoms with Crippen LogP contribution in [0.15, 0.2) is 0 Å². The number of hydrogen-bond acceptors (Lipinski definition) is 2. The van der Waals surface area contributed by atoms with Gasteiger partial charge in [-0.25, -0.2) is 4.39 Å². The first-order chi connectivity index (χ1) is 5.13. The fraction of sp³-hybridized carbons (Fsp3) is 0.833. The molecule has 0 amide bonds. The summed E-state index contributed by atoms with van der Waals surface area (Å²) in [4.78, 5) is 10.6. The Kier molecular flexibility index (Phi) is 2.34. The first-order valence-corrected chi connectivity index (χ1v) is 3.85. The molecule has 0 radical (unpaired) electrons. The Hall–Kier alpha value is -0.350. The SMILES string of the molecule is O=C(O)[C@@]1(CCl)NCCC1F. The van der Waals surface area contributed by atoms with Crippen molar-refractivity contribution < 1.29 is 14.3 Å². The van der Waals surface area contributed by atoms with E-state index in [0.29, 0.717) is 6.54 Å². The molecule has 0 aromatic carbocycles. The van der Waals surface area contributed by atoms with Gasteiger partial charge in [0.25, 0.3) is 0 Å². The van der Waals surface area contributed by atoms with Gasteiger partial charge in [0.05, 0.1) is 5.88 Å². The molecule has 1 heterocycles. The molecule has 0 aliphatic carbocycles. The van der Waals surface area contributed by atoms with Crippen LogP contribution in [0.5, 0.6) is 0 Å². The molecule has 2 N–H and O–H groups in total. The lowest BCUT2D eigenvalue weighted by Crippen LogP contribution is -2.55. The van der Waals surface area contributed by atoms with Gasteiger partial charge in [-0.2, -0.15) is 0 Å². The van der Waals surface area contributed by atoms with Crippen LogP contribution < -0.4 is 5.32 Å². The van der Waals surface area contributed by atoms with Gasteiger partial charge < -0.3 is 5.11 Å². The van der Waals surface area contributed by atoms with E-state index in [1.165, 1.54) is 0 Å². The van der Waals surface area contributed by atoms with Crippen LogP contribution in [-0.2, 0) is 4.79 Å². The van der Waals surface area contributed by atoms with Crippen molar-refractivity contribution in [3.63, 3.8) is 0 Å². The second kappa shape index (κ2) is 2.95. The molecule has 1 fully saturated rings. The fourth-order valence-electron chi connectivity index (χ4n) is 1.18. The van der Waals surface area contributed by atoms with Crippen molar-refractivity contribution in [1.82, 2.24) is 5.32 Å². The molecule has 0 saturated carbocycles. The molecule has 5 heteroatoms. The van der Waals surface area contributed by atoms with Crippen molar-refractivity contribution in [2.75, 3.05) is 12.4 Å². The highest BCUT2D eigenvalue weighted by Crippen LogP contribution is 2.24. The Morgan fingerprint density at radius 2 is 2.55 bits per heavy atom. The molecule has 1 rings (SSSR count). The zero-order valence-corrected chi connectivity index (χ0v) is 6.57. The van der Waals surface area contributed by atoms with Crippen LogP contribution in [-0.4, -0.2) is 35.2 Å². The minimum atomic E-state index is -1.54. The maximum atomic E-state index is 13.0. The van der Waals surface area contributed by atoms with E-state index < -0.39 is 17.7 Å². The highest BCUT2D eigenvalue weighted by molar-refractivity contribution is 6.20. The van der Waals surface area contributed by atoms with Crippen molar-refractivity contribution >= 4 is 17.6 Å². The maximum Gasteiger partial charge on any atom is 0.328 e. The molecule has 64 valence electrons. The molecule has 11 heavy (non-hydrogen) atoms. The number of carboxylic acid groups (broad SMARTS) is 1. The third kappa shape index (κ3) is 1.20. The average Bonchev–Trinajstić information content (AvgIpc) is 2.32. The van der Waals surface area contributed by atoms with Crippen molar-refractivity contribution in [2.24, 2.45) is 0 Å². The molecule has 0 aromatic rings. The van der Waals surface area contributed by atoms with E-state index in [1.54, 1.807) is 0 Å². The summed E-state index contributed by atoms with van der Waals surface area (Å²) in [7, 11) is 0. The summed E-state index contributed by atoms with van der Waals surface area (Å²) in [5, 5.41) is 11.2. The van der Waals surface area contributed by atoms with Gasteiger partial charge in [-0.15, -0.1) is 11.6 Å². The number of alkyl halides is 2. The summed E-state index contributed by atoms with van der Waals surface area (Å²) < 4.78 is 13.0. The highest BCUT2D eigenvalue weighted by Gasteiger charge is 2.49. The minimum absolute atomic E-state index is 0.221. The minimum Gasteiger partial charge on any atom is -0.480 e. The second-order valence-corrected chi connectivity index (χ2v) is 2.86. The first kappa shape index (κ1) is 8.74. The molecule has 1 aliphatic rings. The number of carboxylic acids is 1. The largest absolute Gasteiger partial charge is 0.480 e. The van der Waals surface area contributed by atoms with Crippen molar-refractivity contribution in [2.45, 2.75) is 18.1 Å². The van der Waals surface area contributed by atoms with E-state index in [9.17, 15) is 9.18 Å². The van der Waals surface area contributed by atoms with Crippen LogP contribution in [0.25, 0.3) is 0 Å². The number of rotatable bonds is 2. The quantitative estimate of drug-likeness (QED) is 0.606. The molecule has 0 bridgehead atoms. The zero-order valence-electron chi connectivity index (χ0n) is 5.81. The number of hydrogen-bond donors (Lipinski definition) is 2. The molecule has 0 spiro atoms. The Morgan fingerprint density at radius 1 is 1.91 bits per heavy atom. The zero-order chi connectivity index (χ0) is 8.48. The summed E-state index contributed by atoms with van der Waals surface area (Å²) in [5.41, 5.74) is -1.54. The van der Waals surface area contributed by atoms with Gasteiger partial charge in [0.1, 0.15) is 6.17 Å². The fourth-order valence-corrected chi connectivity index (χ4v) is 1.55. The van der Waals surface area contributed by atoms with Gasteiger partial charge in [0, 0.05) is 0 Å². The average molecular weight is 182 g/mol. The van der Waals surface area contributed by atoms with E-state index >= 15 is 0 Å². The molecular weight excluding hydrogens is 173 g/mol. The van der Waals surface area contributed by atoms with Gasteiger partial charge in [-0.3, -0.25) is 10.1 Å². The highest BCUT2D eigenvalue weighted by atomic mass is 35.5. The van der Waals surface area contributed by atoms with E-state index in [4.69, 9.17) is 16.7 Å². The summed E-state index contributed by atoms with van der Waals surface area (Å²) >= 11 is 5.37. The van der Waals surface area contributed by atoms with Gasteiger partial charge in [0.15, 0.2) is 5.54 Å². The topological polar surface area (TPSA) is 49.3 Å². The monoisotopic (exact) mass is 181 g/mol. The molecule has 1 saturated heterocycles. The number of carbonyl (C=O) groups is 1. The molecule has 1 unspecified atom stereocenters. The van der Waals surface area contributed by atoms with Gasteiger partial charge >= 0.3 is 5.97 Å². The smallest absolute Gasteiger partial charge is 0.328 e. The van der Waals surface area contributed by atoms with Crippen LogP contribution in [0.4, 0.5) is 4.39 Å². The summed E-state index contributed by atoms with van der Waals surface area (Å²) in [6.45, 7) is 0.375. The van der Waals surface area contributed by atoms with E-state index in [1.807, 2.05) is 0 Å². The summed E-state index contributed by atoms with van der Waals surface area (Å²) in [6.07, 6.45) is -1.16. The summed E-state index contributed by atoms with van der Waals surface area (Å²) in [5.74, 6) is -1.44. The van der Waals surface area contributed by atoms with Crippen LogP contribution in [0, 0.1) is 0 Å². The predicted molar refractivity (Wildman–Crippen MR) is 38.6 cm³/mol. The third-order valence-corrected chi connectivity index (χ3v) is 2.39. The van der Waals surface area contributed by atoms with Gasteiger partial charge in [-0.1, -0.05) is 0 Å². The lowest BCUT2D eigenvalue weighted by Gasteiger charge is -2.23. The molecule has 1 aliphatic heterocycles. The Bertz CT molecular complexity index is 178. The number of aliphatic carboxylic acids is 1. The first-order valence-electron chi connectivity index (χ1n) is 3.32. The Labute approximate surface area is 68.5 Å². The molecule has 2 atom stereocenters. The van der Waals surface area contributed by atoms with Crippen LogP contribution in [0.2, 0.25) is 0 Å². The van der Waals surface area contributed by atoms with Crippen LogP contribution in [0.1, 0.15) is 6.42 Å². The van der Waals surface area contributed by atoms with E-state index in [0.717, 1.165) is 0 Å². The van der Waals surface area contributed by atoms with Crippen molar-refractivity contribution in [1.29, 1.82) is 0 Å². The van der Waals surface area contributed by atoms with Crippen molar-refractivity contribution in [3.8, 4) is 0 Å². The standard InChI is InChI=1S/C6H9ClFNO2/c7-3-6(5(10)11)4(8)1-2-9-6/h4,9H,1-3H2,(H,10,11)/t4?,6-/m0/s1. The molecule has 3 nitrogen and oxygen atoms in total. The number of nitrogens with one attached hydrogen (secondary N) is 1. The molecule has 0 aromatic heterocycles.